The van der Waals surface area contributed by atoms with Crippen LogP contribution in [0.1, 0.15) is 36.0 Å². The van der Waals surface area contributed by atoms with Gasteiger partial charge >= 0.3 is 5.97 Å². The molecular weight excluding hydrogens is 242 g/mol. The van der Waals surface area contributed by atoms with Crippen molar-refractivity contribution in [1.82, 2.24) is 4.98 Å². The van der Waals surface area contributed by atoms with Crippen molar-refractivity contribution in [3.63, 3.8) is 0 Å². The molecule has 1 fully saturated rings. The lowest BCUT2D eigenvalue weighted by atomic mass is 9.98. The zero-order valence-corrected chi connectivity index (χ0v) is 11.3. The van der Waals surface area contributed by atoms with E-state index in [0.717, 1.165) is 31.6 Å². The first-order chi connectivity index (χ1) is 9.27. The molecule has 2 N–H and O–H groups in total. The van der Waals surface area contributed by atoms with Crippen molar-refractivity contribution in [1.29, 1.82) is 0 Å². The van der Waals surface area contributed by atoms with Crippen molar-refractivity contribution in [3.05, 3.63) is 23.9 Å². The molecule has 0 bridgehead atoms. The van der Waals surface area contributed by atoms with Crippen molar-refractivity contribution in [3.8, 4) is 0 Å². The second-order valence-corrected chi connectivity index (χ2v) is 4.79. The average molecular weight is 263 g/mol. The predicted octanol–water partition coefficient (Wildman–Crippen LogP) is 1.58. The molecule has 0 aromatic carbocycles. The number of carbonyl (C=O) groups excluding carboxylic acids is 1. The molecule has 0 aliphatic carbocycles. The summed E-state index contributed by atoms with van der Waals surface area (Å²) in [5.74, 6) is 0.396. The topological polar surface area (TPSA) is 68.5 Å². The fourth-order valence-corrected chi connectivity index (χ4v) is 2.67. The first-order valence-electron chi connectivity index (χ1n) is 6.78. The molecule has 0 amide bonds. The van der Waals surface area contributed by atoms with E-state index in [0.29, 0.717) is 18.2 Å². The van der Waals surface area contributed by atoms with Gasteiger partial charge in [-0.25, -0.2) is 9.78 Å². The summed E-state index contributed by atoms with van der Waals surface area (Å²) in [5.41, 5.74) is 6.22. The molecule has 2 heterocycles. The number of piperidine rings is 1. The molecule has 2 rings (SSSR count). The monoisotopic (exact) mass is 263 g/mol. The molecule has 0 radical (unpaired) electrons. The number of ether oxygens (including phenoxy) is 1. The number of hydrogen-bond acceptors (Lipinski definition) is 5. The van der Waals surface area contributed by atoms with Gasteiger partial charge in [0.2, 0.25) is 0 Å². The second-order valence-electron chi connectivity index (χ2n) is 4.79. The van der Waals surface area contributed by atoms with Gasteiger partial charge in [-0.1, -0.05) is 0 Å². The number of pyridine rings is 1. The van der Waals surface area contributed by atoms with E-state index >= 15 is 0 Å². The molecule has 1 unspecified atom stereocenters. The van der Waals surface area contributed by atoms with Crippen LogP contribution in [0.2, 0.25) is 0 Å². The summed E-state index contributed by atoms with van der Waals surface area (Å²) in [7, 11) is 1.40. The molecule has 5 nitrogen and oxygen atoms in total. The van der Waals surface area contributed by atoms with Gasteiger partial charge in [-0.3, -0.25) is 0 Å². The van der Waals surface area contributed by atoms with Crippen molar-refractivity contribution < 1.29 is 9.53 Å². The zero-order chi connectivity index (χ0) is 13.7. The Morgan fingerprint density at radius 1 is 1.58 bits per heavy atom. The highest BCUT2D eigenvalue weighted by molar-refractivity contribution is 5.94. The van der Waals surface area contributed by atoms with Crippen molar-refractivity contribution >= 4 is 11.8 Å². The van der Waals surface area contributed by atoms with E-state index in [1.807, 2.05) is 0 Å². The normalized spacial score (nSPS) is 19.3. The van der Waals surface area contributed by atoms with Crippen molar-refractivity contribution in [2.24, 2.45) is 5.73 Å². The largest absolute Gasteiger partial charge is 0.465 e. The fraction of sp³-hybridized carbons (Fsp3) is 0.571. The molecule has 1 saturated heterocycles. The summed E-state index contributed by atoms with van der Waals surface area (Å²) in [6.07, 6.45) is 6.08. The summed E-state index contributed by atoms with van der Waals surface area (Å²) in [4.78, 5) is 18.4. The first kappa shape index (κ1) is 13.8. The van der Waals surface area contributed by atoms with E-state index in [4.69, 9.17) is 10.5 Å². The summed E-state index contributed by atoms with van der Waals surface area (Å²) < 4.78 is 4.83. The smallest absolute Gasteiger partial charge is 0.341 e. The Hall–Kier alpha value is -1.62. The molecule has 104 valence electrons. The Morgan fingerprint density at radius 2 is 2.42 bits per heavy atom. The third-order valence-electron chi connectivity index (χ3n) is 3.59. The van der Waals surface area contributed by atoms with Crippen LogP contribution in [0.4, 0.5) is 5.82 Å². The number of rotatable bonds is 4. The molecule has 1 aliphatic rings. The maximum absolute atomic E-state index is 11.8. The van der Waals surface area contributed by atoms with Gasteiger partial charge in [0.05, 0.1) is 7.11 Å². The lowest BCUT2D eigenvalue weighted by Gasteiger charge is -2.37. The Kier molecular flexibility index (Phi) is 4.74. The van der Waals surface area contributed by atoms with Crippen LogP contribution in [0.15, 0.2) is 18.3 Å². The SMILES string of the molecule is COC(=O)c1cccnc1N1CCCCC1CCN. The van der Waals surface area contributed by atoms with Crippen LogP contribution in [0.25, 0.3) is 0 Å². The van der Waals surface area contributed by atoms with E-state index in [1.54, 1.807) is 18.3 Å². The third-order valence-corrected chi connectivity index (χ3v) is 3.59. The zero-order valence-electron chi connectivity index (χ0n) is 11.3. The minimum absolute atomic E-state index is 0.333. The lowest BCUT2D eigenvalue weighted by Crippen LogP contribution is -2.42. The van der Waals surface area contributed by atoms with Crippen LogP contribution in [0.3, 0.4) is 0 Å². The number of methoxy groups -OCH3 is 1. The Bertz CT molecular complexity index is 434. The molecule has 0 spiro atoms. The van der Waals surface area contributed by atoms with Crippen molar-refractivity contribution in [2.75, 3.05) is 25.1 Å². The molecule has 5 heteroatoms. The van der Waals surface area contributed by atoms with Gasteiger partial charge in [0.25, 0.3) is 0 Å². The van der Waals surface area contributed by atoms with E-state index in [1.165, 1.54) is 13.5 Å². The molecule has 19 heavy (non-hydrogen) atoms. The standard InChI is InChI=1S/C14H21N3O2/c1-19-14(18)12-6-4-9-16-13(12)17-10-3-2-5-11(17)7-8-15/h4,6,9,11H,2-3,5,7-8,10,15H2,1H3. The molecule has 0 saturated carbocycles. The van der Waals surface area contributed by atoms with E-state index in [-0.39, 0.29) is 5.97 Å². The van der Waals surface area contributed by atoms with Gasteiger partial charge in [-0.2, -0.15) is 0 Å². The molecule has 1 atom stereocenters. The maximum atomic E-state index is 11.8. The lowest BCUT2D eigenvalue weighted by molar-refractivity contribution is 0.0601. The minimum atomic E-state index is -0.333. The van der Waals surface area contributed by atoms with E-state index < -0.39 is 0 Å². The van der Waals surface area contributed by atoms with Gasteiger partial charge in [-0.15, -0.1) is 0 Å². The van der Waals surface area contributed by atoms with Crippen LogP contribution < -0.4 is 10.6 Å². The number of nitrogens with zero attached hydrogens (tertiary/aromatic N) is 2. The van der Waals surface area contributed by atoms with Gasteiger partial charge in [0, 0.05) is 18.8 Å². The number of aromatic nitrogens is 1. The van der Waals surface area contributed by atoms with Gasteiger partial charge in [0.1, 0.15) is 11.4 Å². The molecule has 1 aromatic rings. The summed E-state index contributed by atoms with van der Waals surface area (Å²) in [6.45, 7) is 1.58. The molecule has 1 aromatic heterocycles. The van der Waals surface area contributed by atoms with E-state index in [2.05, 4.69) is 9.88 Å². The molecule has 1 aliphatic heterocycles. The predicted molar refractivity (Wildman–Crippen MR) is 74.2 cm³/mol. The third kappa shape index (κ3) is 3.04. The van der Waals surface area contributed by atoms with Gasteiger partial charge in [-0.05, 0) is 44.4 Å². The molecular formula is C14H21N3O2. The number of anilines is 1. The number of hydrogen-bond donors (Lipinski definition) is 1. The highest BCUT2D eigenvalue weighted by atomic mass is 16.5. The van der Waals surface area contributed by atoms with Crippen LogP contribution in [0, 0.1) is 0 Å². The first-order valence-corrected chi connectivity index (χ1v) is 6.78. The summed E-state index contributed by atoms with van der Waals surface area (Å²) in [5, 5.41) is 0. The van der Waals surface area contributed by atoms with E-state index in [9.17, 15) is 4.79 Å². The van der Waals surface area contributed by atoms with Gasteiger partial charge in [0.15, 0.2) is 0 Å². The highest BCUT2D eigenvalue weighted by Crippen LogP contribution is 2.27. The van der Waals surface area contributed by atoms with Gasteiger partial charge < -0.3 is 15.4 Å². The fourth-order valence-electron chi connectivity index (χ4n) is 2.67. The van der Waals surface area contributed by atoms with Crippen molar-refractivity contribution in [2.45, 2.75) is 31.7 Å². The Morgan fingerprint density at radius 3 is 3.16 bits per heavy atom. The quantitative estimate of drug-likeness (QED) is 0.835. The minimum Gasteiger partial charge on any atom is -0.465 e. The average Bonchev–Trinajstić information content (AvgIpc) is 2.47. The number of carbonyl (C=O) groups is 1. The Balaban J connectivity index is 2.30. The highest BCUT2D eigenvalue weighted by Gasteiger charge is 2.26. The summed E-state index contributed by atoms with van der Waals surface area (Å²) >= 11 is 0. The summed E-state index contributed by atoms with van der Waals surface area (Å²) in [6, 6.07) is 3.90. The number of nitrogens with two attached hydrogens (primary N) is 1. The number of esters is 1. The van der Waals surface area contributed by atoms with Crippen LogP contribution in [-0.2, 0) is 4.74 Å². The second kappa shape index (κ2) is 6.52. The maximum Gasteiger partial charge on any atom is 0.341 e. The Labute approximate surface area is 113 Å². The van der Waals surface area contributed by atoms with Crippen LogP contribution >= 0.6 is 0 Å². The van der Waals surface area contributed by atoms with Crippen LogP contribution in [0.5, 0.6) is 0 Å². The van der Waals surface area contributed by atoms with Crippen LogP contribution in [-0.4, -0.2) is 37.2 Å².